The van der Waals surface area contributed by atoms with Gasteiger partial charge in [0.15, 0.2) is 0 Å². The van der Waals surface area contributed by atoms with E-state index in [1.54, 1.807) is 25.3 Å². The molecule has 7 heteroatoms. The molecule has 0 radical (unpaired) electrons. The Morgan fingerprint density at radius 2 is 2.33 bits per heavy atom. The van der Waals surface area contributed by atoms with Crippen LogP contribution in [0.4, 0.5) is 0 Å². The number of rotatable bonds is 4. The Balaban J connectivity index is 2.37. The molecule has 0 saturated carbocycles. The highest BCUT2D eigenvalue weighted by Crippen LogP contribution is 2.24. The fraction of sp³-hybridized carbons (Fsp3) is 0.286. The number of pyridine rings is 1. The summed E-state index contributed by atoms with van der Waals surface area (Å²) >= 11 is 1.30. The average molecular weight is 303 g/mol. The molecule has 0 amide bonds. The Kier molecular flexibility index (Phi) is 4.50. The fourth-order valence-electron chi connectivity index (χ4n) is 1.85. The molecule has 0 aliphatic heterocycles. The molecule has 21 heavy (non-hydrogen) atoms. The van der Waals surface area contributed by atoms with E-state index in [9.17, 15) is 9.59 Å². The molecular formula is C14H13N3O3S. The number of carbonyl (C=O) groups excluding carboxylic acids is 1. The maximum atomic E-state index is 11.8. The van der Waals surface area contributed by atoms with Crippen LogP contribution in [0.1, 0.15) is 23.2 Å². The number of hydrogen-bond donors (Lipinski definition) is 1. The molecule has 0 unspecified atom stereocenters. The third kappa shape index (κ3) is 3.35. The van der Waals surface area contributed by atoms with Gasteiger partial charge in [-0.1, -0.05) is 0 Å². The van der Waals surface area contributed by atoms with Crippen LogP contribution in [0, 0.1) is 18.3 Å². The Morgan fingerprint density at radius 3 is 3.00 bits per heavy atom. The van der Waals surface area contributed by atoms with Crippen molar-refractivity contribution in [2.24, 2.45) is 0 Å². The second kappa shape index (κ2) is 6.33. The number of esters is 1. The predicted molar refractivity (Wildman–Crippen MR) is 78.0 cm³/mol. The maximum absolute atomic E-state index is 11.8. The molecular weight excluding hydrogens is 290 g/mol. The van der Waals surface area contributed by atoms with Crippen LogP contribution in [0.5, 0.6) is 0 Å². The van der Waals surface area contributed by atoms with Crippen molar-refractivity contribution in [2.45, 2.75) is 20.3 Å². The molecule has 2 aromatic rings. The first-order valence-corrected chi connectivity index (χ1v) is 7.17. The van der Waals surface area contributed by atoms with Gasteiger partial charge in [-0.25, -0.2) is 4.98 Å². The Hall–Kier alpha value is -2.46. The lowest BCUT2D eigenvalue weighted by atomic mass is 10.1. The molecule has 2 rings (SSSR count). The topological polar surface area (TPSA) is 95.8 Å². The Morgan fingerprint density at radius 1 is 1.57 bits per heavy atom. The van der Waals surface area contributed by atoms with Crippen LogP contribution in [0.2, 0.25) is 0 Å². The van der Waals surface area contributed by atoms with Crippen molar-refractivity contribution in [1.29, 1.82) is 5.26 Å². The van der Waals surface area contributed by atoms with Crippen molar-refractivity contribution >= 4 is 17.3 Å². The van der Waals surface area contributed by atoms with Crippen LogP contribution < -0.4 is 5.56 Å². The zero-order chi connectivity index (χ0) is 15.4. The monoisotopic (exact) mass is 303 g/mol. The highest BCUT2D eigenvalue weighted by Gasteiger charge is 2.15. The van der Waals surface area contributed by atoms with E-state index in [4.69, 9.17) is 10.00 Å². The standard InChI is InChI=1S/C14H13N3O3S/c1-3-20-13(18)5-12-17-11(7-21-12)9-4-8(2)16-14(19)10(9)6-15/h4,7H,3,5H2,1-2H3,(H,16,19). The van der Waals surface area contributed by atoms with Crippen molar-refractivity contribution in [3.8, 4) is 17.3 Å². The minimum absolute atomic E-state index is 0.0218. The van der Waals surface area contributed by atoms with E-state index >= 15 is 0 Å². The van der Waals surface area contributed by atoms with Crippen molar-refractivity contribution in [1.82, 2.24) is 9.97 Å². The summed E-state index contributed by atoms with van der Waals surface area (Å²) in [5.41, 5.74) is 1.23. The molecule has 0 bridgehead atoms. The molecule has 0 aromatic carbocycles. The number of thiazole rings is 1. The minimum Gasteiger partial charge on any atom is -0.466 e. The highest BCUT2D eigenvalue weighted by molar-refractivity contribution is 7.10. The van der Waals surface area contributed by atoms with Gasteiger partial charge in [-0.3, -0.25) is 9.59 Å². The molecule has 2 aromatic heterocycles. The number of aryl methyl sites for hydroxylation is 1. The SMILES string of the molecule is CCOC(=O)Cc1nc(-c2cc(C)[nH]c(=O)c2C#N)cs1. The molecule has 0 atom stereocenters. The third-order valence-corrected chi connectivity index (χ3v) is 3.56. The van der Waals surface area contributed by atoms with E-state index in [-0.39, 0.29) is 18.0 Å². The van der Waals surface area contributed by atoms with Crippen LogP contribution in [-0.2, 0) is 16.0 Å². The predicted octanol–water partition coefficient (Wildman–Crippen LogP) is 1.78. The normalized spacial score (nSPS) is 10.1. The van der Waals surface area contributed by atoms with Gasteiger partial charge < -0.3 is 9.72 Å². The van der Waals surface area contributed by atoms with Gasteiger partial charge in [0.2, 0.25) is 0 Å². The van der Waals surface area contributed by atoms with Gasteiger partial charge in [-0.05, 0) is 19.9 Å². The van der Waals surface area contributed by atoms with E-state index in [2.05, 4.69) is 9.97 Å². The molecule has 6 nitrogen and oxygen atoms in total. The lowest BCUT2D eigenvalue weighted by Gasteiger charge is -2.01. The van der Waals surface area contributed by atoms with E-state index in [1.807, 2.05) is 6.07 Å². The number of aromatic nitrogens is 2. The summed E-state index contributed by atoms with van der Waals surface area (Å²) < 4.78 is 4.86. The van der Waals surface area contributed by atoms with Crippen LogP contribution in [0.15, 0.2) is 16.2 Å². The minimum atomic E-state index is -0.438. The number of nitrogens with zero attached hydrogens (tertiary/aromatic N) is 2. The summed E-state index contributed by atoms with van der Waals surface area (Å²) in [5.74, 6) is -0.346. The van der Waals surface area contributed by atoms with Crippen LogP contribution in [0.25, 0.3) is 11.3 Å². The number of ether oxygens (including phenoxy) is 1. The van der Waals surface area contributed by atoms with E-state index < -0.39 is 5.56 Å². The quantitative estimate of drug-likeness (QED) is 0.869. The summed E-state index contributed by atoms with van der Waals surface area (Å²) in [6, 6.07) is 3.59. The lowest BCUT2D eigenvalue weighted by Crippen LogP contribution is -2.12. The van der Waals surface area contributed by atoms with Crippen molar-refractivity contribution < 1.29 is 9.53 Å². The zero-order valence-electron chi connectivity index (χ0n) is 11.6. The smallest absolute Gasteiger partial charge is 0.312 e. The first-order valence-electron chi connectivity index (χ1n) is 6.29. The van der Waals surface area contributed by atoms with E-state index in [0.29, 0.717) is 28.6 Å². The third-order valence-electron chi connectivity index (χ3n) is 2.71. The van der Waals surface area contributed by atoms with Crippen LogP contribution >= 0.6 is 11.3 Å². The maximum Gasteiger partial charge on any atom is 0.312 e. The number of nitrogens with one attached hydrogen (secondary N) is 1. The highest BCUT2D eigenvalue weighted by atomic mass is 32.1. The van der Waals surface area contributed by atoms with Gasteiger partial charge in [0.05, 0.1) is 18.7 Å². The van der Waals surface area contributed by atoms with Gasteiger partial charge in [-0.15, -0.1) is 11.3 Å². The van der Waals surface area contributed by atoms with E-state index in [0.717, 1.165) is 0 Å². The van der Waals surface area contributed by atoms with Crippen molar-refractivity contribution in [3.05, 3.63) is 38.1 Å². The average Bonchev–Trinajstić information content (AvgIpc) is 2.86. The lowest BCUT2D eigenvalue weighted by molar-refractivity contribution is -0.142. The first-order chi connectivity index (χ1) is 10.0. The number of aromatic amines is 1. The molecule has 0 fully saturated rings. The van der Waals surface area contributed by atoms with Crippen molar-refractivity contribution in [3.63, 3.8) is 0 Å². The van der Waals surface area contributed by atoms with E-state index in [1.165, 1.54) is 11.3 Å². The molecule has 0 saturated heterocycles. The fourth-order valence-corrected chi connectivity index (χ4v) is 2.63. The van der Waals surface area contributed by atoms with Gasteiger partial charge in [0.1, 0.15) is 16.6 Å². The number of hydrogen-bond acceptors (Lipinski definition) is 6. The Labute approximate surface area is 125 Å². The van der Waals surface area contributed by atoms with Crippen LogP contribution in [0.3, 0.4) is 0 Å². The zero-order valence-corrected chi connectivity index (χ0v) is 12.4. The largest absolute Gasteiger partial charge is 0.466 e. The second-order valence-corrected chi connectivity index (χ2v) is 5.23. The summed E-state index contributed by atoms with van der Waals surface area (Å²) in [7, 11) is 0. The number of carbonyl (C=O) groups is 1. The molecule has 0 aliphatic rings. The number of nitriles is 1. The van der Waals surface area contributed by atoms with Gasteiger partial charge in [0.25, 0.3) is 5.56 Å². The van der Waals surface area contributed by atoms with Crippen LogP contribution in [-0.4, -0.2) is 22.5 Å². The molecule has 108 valence electrons. The molecule has 0 aliphatic carbocycles. The van der Waals surface area contributed by atoms with Gasteiger partial charge in [0, 0.05) is 16.6 Å². The molecule has 2 heterocycles. The molecule has 0 spiro atoms. The van der Waals surface area contributed by atoms with Gasteiger partial charge >= 0.3 is 5.97 Å². The summed E-state index contributed by atoms with van der Waals surface area (Å²) in [6.07, 6.45) is 0.0859. The summed E-state index contributed by atoms with van der Waals surface area (Å²) in [6.45, 7) is 3.80. The van der Waals surface area contributed by atoms with Crippen molar-refractivity contribution in [2.75, 3.05) is 6.61 Å². The second-order valence-electron chi connectivity index (χ2n) is 4.29. The summed E-state index contributed by atoms with van der Waals surface area (Å²) in [5, 5.41) is 11.4. The molecule has 1 N–H and O–H groups in total. The van der Waals surface area contributed by atoms with Gasteiger partial charge in [-0.2, -0.15) is 5.26 Å². The number of H-pyrrole nitrogens is 1. The Bertz CT molecular complexity index is 771. The summed E-state index contributed by atoms with van der Waals surface area (Å²) in [4.78, 5) is 30.1. The first kappa shape index (κ1) is 14.9.